The molecule has 0 aliphatic carbocycles. The molecule has 0 saturated carbocycles. The van der Waals surface area contributed by atoms with Gasteiger partial charge >= 0.3 is 0 Å². The molecule has 0 aliphatic rings. The van der Waals surface area contributed by atoms with E-state index in [0.717, 1.165) is 21.7 Å². The second kappa shape index (κ2) is 5.41. The van der Waals surface area contributed by atoms with E-state index in [2.05, 4.69) is 59.1 Å². The van der Waals surface area contributed by atoms with Gasteiger partial charge in [-0.2, -0.15) is 0 Å². The summed E-state index contributed by atoms with van der Waals surface area (Å²) in [6, 6.07) is 4.33. The molecule has 0 bridgehead atoms. The normalized spacial score (nSPS) is 10.7. The highest BCUT2D eigenvalue weighted by Crippen LogP contribution is 2.29. The first kappa shape index (κ1) is 13.6. The van der Waals surface area contributed by atoms with Crippen LogP contribution < -0.4 is 5.32 Å². The lowest BCUT2D eigenvalue weighted by atomic mass is 10.1. The minimum Gasteiger partial charge on any atom is -0.379 e. The standard InChI is InChI=1S/C14H17BrN2S/c1-8-5-9(2)14(12(15)6-8)16-7-13-10(3)17-11(4)18-13/h5-6,16H,7H2,1-4H3. The Morgan fingerprint density at radius 1 is 1.22 bits per heavy atom. The lowest BCUT2D eigenvalue weighted by Gasteiger charge is -2.12. The van der Waals surface area contributed by atoms with E-state index in [1.54, 1.807) is 11.3 Å². The monoisotopic (exact) mass is 324 g/mol. The average molecular weight is 325 g/mol. The topological polar surface area (TPSA) is 24.9 Å². The maximum atomic E-state index is 4.45. The van der Waals surface area contributed by atoms with Crippen molar-refractivity contribution in [3.63, 3.8) is 0 Å². The molecule has 4 heteroatoms. The van der Waals surface area contributed by atoms with Crippen molar-refractivity contribution in [2.45, 2.75) is 34.2 Å². The molecule has 0 radical (unpaired) electrons. The van der Waals surface area contributed by atoms with Gasteiger partial charge in [0, 0.05) is 9.35 Å². The second-order valence-corrected chi connectivity index (χ2v) is 6.68. The van der Waals surface area contributed by atoms with Gasteiger partial charge in [0.1, 0.15) is 0 Å². The van der Waals surface area contributed by atoms with Gasteiger partial charge in [-0.3, -0.25) is 0 Å². The van der Waals surface area contributed by atoms with E-state index in [1.807, 2.05) is 6.92 Å². The lowest BCUT2D eigenvalue weighted by Crippen LogP contribution is -2.02. The van der Waals surface area contributed by atoms with Crippen LogP contribution in [0.1, 0.15) is 26.7 Å². The molecule has 0 fully saturated rings. The molecule has 0 saturated heterocycles. The zero-order valence-electron chi connectivity index (χ0n) is 11.1. The predicted octanol–water partition coefficient (Wildman–Crippen LogP) is 4.75. The van der Waals surface area contributed by atoms with Crippen LogP contribution in [0.2, 0.25) is 0 Å². The molecule has 2 rings (SSSR count). The Kier molecular flexibility index (Phi) is 4.07. The van der Waals surface area contributed by atoms with Crippen molar-refractivity contribution in [1.82, 2.24) is 4.98 Å². The van der Waals surface area contributed by atoms with E-state index in [-0.39, 0.29) is 0 Å². The average Bonchev–Trinajstić information content (AvgIpc) is 2.55. The third-order valence-electron chi connectivity index (χ3n) is 2.86. The van der Waals surface area contributed by atoms with Gasteiger partial charge in [-0.15, -0.1) is 11.3 Å². The SMILES string of the molecule is Cc1cc(C)c(NCc2sc(C)nc2C)c(Br)c1. The van der Waals surface area contributed by atoms with Crippen LogP contribution >= 0.6 is 27.3 Å². The van der Waals surface area contributed by atoms with Crippen LogP contribution in [0, 0.1) is 27.7 Å². The summed E-state index contributed by atoms with van der Waals surface area (Å²) in [6.45, 7) is 9.19. The first-order valence-corrected chi connectivity index (χ1v) is 7.52. The van der Waals surface area contributed by atoms with Crippen LogP contribution in [0.15, 0.2) is 16.6 Å². The van der Waals surface area contributed by atoms with E-state index >= 15 is 0 Å². The summed E-state index contributed by atoms with van der Waals surface area (Å²) in [6.07, 6.45) is 0. The van der Waals surface area contributed by atoms with Crippen LogP contribution in [0.25, 0.3) is 0 Å². The van der Waals surface area contributed by atoms with Gasteiger partial charge in [0.05, 0.1) is 22.9 Å². The molecule has 0 unspecified atom stereocenters. The van der Waals surface area contributed by atoms with Crippen molar-refractivity contribution in [3.8, 4) is 0 Å². The van der Waals surface area contributed by atoms with Crippen LogP contribution in [-0.4, -0.2) is 4.98 Å². The minimum absolute atomic E-state index is 0.833. The number of rotatable bonds is 3. The van der Waals surface area contributed by atoms with Crippen molar-refractivity contribution in [1.29, 1.82) is 0 Å². The van der Waals surface area contributed by atoms with Crippen LogP contribution in [0.4, 0.5) is 5.69 Å². The highest BCUT2D eigenvalue weighted by molar-refractivity contribution is 9.10. The van der Waals surface area contributed by atoms with Gasteiger partial charge in [0.2, 0.25) is 0 Å². The van der Waals surface area contributed by atoms with Crippen molar-refractivity contribution in [3.05, 3.63) is 43.3 Å². The molecular weight excluding hydrogens is 308 g/mol. The molecule has 1 heterocycles. The number of hydrogen-bond donors (Lipinski definition) is 1. The number of aryl methyl sites for hydroxylation is 4. The fraction of sp³-hybridized carbons (Fsp3) is 0.357. The summed E-state index contributed by atoms with van der Waals surface area (Å²) in [7, 11) is 0. The van der Waals surface area contributed by atoms with Crippen molar-refractivity contribution in [2.75, 3.05) is 5.32 Å². The number of hydrogen-bond acceptors (Lipinski definition) is 3. The Morgan fingerprint density at radius 3 is 2.50 bits per heavy atom. The summed E-state index contributed by atoms with van der Waals surface area (Å²) in [5, 5.41) is 4.63. The molecule has 96 valence electrons. The molecular formula is C14H17BrN2S. The second-order valence-electron chi connectivity index (χ2n) is 4.53. The van der Waals surface area contributed by atoms with Gasteiger partial charge in [-0.25, -0.2) is 4.98 Å². The van der Waals surface area contributed by atoms with E-state index in [0.29, 0.717) is 0 Å². The summed E-state index contributed by atoms with van der Waals surface area (Å²) in [4.78, 5) is 5.75. The van der Waals surface area contributed by atoms with E-state index in [1.165, 1.54) is 21.7 Å². The number of halogens is 1. The lowest BCUT2D eigenvalue weighted by molar-refractivity contribution is 1.10. The number of anilines is 1. The quantitative estimate of drug-likeness (QED) is 0.881. The Morgan fingerprint density at radius 2 is 1.94 bits per heavy atom. The number of nitrogens with zero attached hydrogens (tertiary/aromatic N) is 1. The largest absolute Gasteiger partial charge is 0.379 e. The Balaban J connectivity index is 2.18. The third kappa shape index (κ3) is 2.93. The summed E-state index contributed by atoms with van der Waals surface area (Å²) in [5.41, 5.74) is 4.84. The van der Waals surface area contributed by atoms with Gasteiger partial charge in [0.15, 0.2) is 0 Å². The summed E-state index contributed by atoms with van der Waals surface area (Å²) < 4.78 is 1.12. The number of nitrogens with one attached hydrogen (secondary N) is 1. The summed E-state index contributed by atoms with van der Waals surface area (Å²) >= 11 is 5.38. The van der Waals surface area contributed by atoms with Crippen molar-refractivity contribution < 1.29 is 0 Å². The van der Waals surface area contributed by atoms with Gasteiger partial charge in [-0.05, 0) is 60.8 Å². The molecule has 1 N–H and O–H groups in total. The van der Waals surface area contributed by atoms with E-state index < -0.39 is 0 Å². The van der Waals surface area contributed by atoms with Crippen molar-refractivity contribution in [2.24, 2.45) is 0 Å². The zero-order chi connectivity index (χ0) is 13.3. The highest BCUT2D eigenvalue weighted by Gasteiger charge is 2.08. The Labute approximate surface area is 121 Å². The predicted molar refractivity (Wildman–Crippen MR) is 82.5 cm³/mol. The van der Waals surface area contributed by atoms with Gasteiger partial charge in [0.25, 0.3) is 0 Å². The first-order chi connectivity index (χ1) is 8.47. The van der Waals surface area contributed by atoms with Crippen LogP contribution in [-0.2, 0) is 6.54 Å². The fourth-order valence-electron chi connectivity index (χ4n) is 2.05. The fourth-order valence-corrected chi connectivity index (χ4v) is 3.74. The molecule has 18 heavy (non-hydrogen) atoms. The molecule has 1 aromatic carbocycles. The van der Waals surface area contributed by atoms with Gasteiger partial charge < -0.3 is 5.32 Å². The molecule has 0 amide bonds. The molecule has 2 nitrogen and oxygen atoms in total. The number of thiazole rings is 1. The maximum Gasteiger partial charge on any atom is 0.0900 e. The maximum absolute atomic E-state index is 4.45. The number of benzene rings is 1. The zero-order valence-corrected chi connectivity index (χ0v) is 13.5. The summed E-state index contributed by atoms with van der Waals surface area (Å²) in [5.74, 6) is 0. The van der Waals surface area contributed by atoms with E-state index in [4.69, 9.17) is 0 Å². The molecule has 0 aliphatic heterocycles. The molecule has 2 aromatic rings. The van der Waals surface area contributed by atoms with Crippen molar-refractivity contribution >= 4 is 33.0 Å². The van der Waals surface area contributed by atoms with Crippen LogP contribution in [0.5, 0.6) is 0 Å². The van der Waals surface area contributed by atoms with E-state index in [9.17, 15) is 0 Å². The highest BCUT2D eigenvalue weighted by atomic mass is 79.9. The molecule has 0 spiro atoms. The number of aromatic nitrogens is 1. The Hall–Kier alpha value is -0.870. The molecule has 0 atom stereocenters. The first-order valence-electron chi connectivity index (χ1n) is 5.91. The smallest absolute Gasteiger partial charge is 0.0900 e. The van der Waals surface area contributed by atoms with Gasteiger partial charge in [-0.1, -0.05) is 6.07 Å². The third-order valence-corrected chi connectivity index (χ3v) is 4.56. The Bertz CT molecular complexity index is 552. The minimum atomic E-state index is 0.833. The van der Waals surface area contributed by atoms with Crippen LogP contribution in [0.3, 0.4) is 0 Å². The molecule has 1 aromatic heterocycles.